The van der Waals surface area contributed by atoms with E-state index in [0.29, 0.717) is 12.7 Å². The van der Waals surface area contributed by atoms with Gasteiger partial charge in [0.15, 0.2) is 0 Å². The van der Waals surface area contributed by atoms with E-state index in [0.717, 1.165) is 6.42 Å². The molecule has 0 aromatic carbocycles. The number of nitrogens with zero attached hydrogens (tertiary/aromatic N) is 1. The second kappa shape index (κ2) is 3.10. The van der Waals surface area contributed by atoms with Crippen LogP contribution in [-0.2, 0) is 0 Å². The molecule has 2 rings (SSSR count). The van der Waals surface area contributed by atoms with Gasteiger partial charge in [-0.3, -0.25) is 5.32 Å². The lowest BCUT2D eigenvalue weighted by Crippen LogP contribution is -2.61. The first-order valence-corrected chi connectivity index (χ1v) is 5.05. The number of urea groups is 1. The lowest BCUT2D eigenvalue weighted by atomic mass is 9.85. The third-order valence-corrected chi connectivity index (χ3v) is 2.91. The van der Waals surface area contributed by atoms with Crippen LogP contribution in [0.4, 0.5) is 4.79 Å². The quantitative estimate of drug-likeness (QED) is 0.521. The molecule has 0 aromatic rings. The fourth-order valence-corrected chi connectivity index (χ4v) is 1.89. The molecule has 0 radical (unpaired) electrons. The molecule has 2 aliphatic heterocycles. The van der Waals surface area contributed by atoms with Crippen LogP contribution in [0.1, 0.15) is 27.2 Å². The molecular weight excluding hydrogens is 180 g/mol. The average Bonchev–Trinajstić information content (AvgIpc) is 2.48. The van der Waals surface area contributed by atoms with Crippen molar-refractivity contribution in [3.8, 4) is 0 Å². The Labute approximate surface area is 84.2 Å². The van der Waals surface area contributed by atoms with Crippen LogP contribution in [0.2, 0.25) is 0 Å². The molecule has 0 aromatic heterocycles. The van der Waals surface area contributed by atoms with E-state index >= 15 is 0 Å². The highest BCUT2D eigenvalue weighted by molar-refractivity contribution is 5.75. The highest BCUT2D eigenvalue weighted by atomic mass is 16.2. The maximum absolute atomic E-state index is 11.5. The minimum atomic E-state index is -0.0273. The average molecular weight is 198 g/mol. The molecule has 2 unspecified atom stereocenters. The smallest absolute Gasteiger partial charge is 0.324 e. The van der Waals surface area contributed by atoms with Crippen molar-refractivity contribution in [1.29, 1.82) is 0 Å². The van der Waals surface area contributed by atoms with Crippen LogP contribution in [0.15, 0.2) is 0 Å². The molecule has 14 heavy (non-hydrogen) atoms. The molecule has 5 nitrogen and oxygen atoms in total. The second-order valence-electron chi connectivity index (χ2n) is 5.03. The molecule has 3 N–H and O–H groups in total. The molecule has 2 heterocycles. The van der Waals surface area contributed by atoms with Gasteiger partial charge in [0.2, 0.25) is 0 Å². The van der Waals surface area contributed by atoms with Gasteiger partial charge >= 0.3 is 6.03 Å². The number of nitrogens with one attached hydrogen (secondary N) is 3. The van der Waals surface area contributed by atoms with Gasteiger partial charge in [0.1, 0.15) is 6.17 Å². The summed E-state index contributed by atoms with van der Waals surface area (Å²) in [5.41, 5.74) is 3.42. The van der Waals surface area contributed by atoms with Crippen molar-refractivity contribution in [1.82, 2.24) is 21.1 Å². The first-order valence-electron chi connectivity index (χ1n) is 5.05. The summed E-state index contributed by atoms with van der Waals surface area (Å²) in [6, 6.07) is 0.323. The summed E-state index contributed by atoms with van der Waals surface area (Å²) >= 11 is 0. The Kier molecular flexibility index (Phi) is 2.16. The zero-order valence-electron chi connectivity index (χ0n) is 8.92. The highest BCUT2D eigenvalue weighted by Crippen LogP contribution is 2.28. The van der Waals surface area contributed by atoms with Crippen LogP contribution in [0.25, 0.3) is 0 Å². The van der Waals surface area contributed by atoms with E-state index in [1.165, 1.54) is 0 Å². The fourth-order valence-electron chi connectivity index (χ4n) is 1.89. The summed E-state index contributed by atoms with van der Waals surface area (Å²) in [5.74, 6) is 0. The van der Waals surface area contributed by atoms with E-state index in [-0.39, 0.29) is 17.6 Å². The molecule has 0 aliphatic carbocycles. The van der Waals surface area contributed by atoms with Gasteiger partial charge in [0.05, 0.1) is 6.67 Å². The standard InChI is InChI=1S/C9H18N4O/c1-9(2,3)6-4-7-10-5-11-8(14)13(7)12-6/h6-7,10,12H,4-5H2,1-3H3,(H,11,14). The molecule has 2 aliphatic rings. The van der Waals surface area contributed by atoms with Crippen LogP contribution >= 0.6 is 0 Å². The van der Waals surface area contributed by atoms with Crippen LogP contribution in [-0.4, -0.2) is 29.9 Å². The molecular formula is C9H18N4O. The zero-order chi connectivity index (χ0) is 10.3. The largest absolute Gasteiger partial charge is 0.334 e. The van der Waals surface area contributed by atoms with Crippen LogP contribution in [0.3, 0.4) is 0 Å². The van der Waals surface area contributed by atoms with Crippen molar-refractivity contribution >= 4 is 6.03 Å². The van der Waals surface area contributed by atoms with Gasteiger partial charge in [0.25, 0.3) is 0 Å². The van der Waals surface area contributed by atoms with E-state index in [1.807, 2.05) is 0 Å². The van der Waals surface area contributed by atoms with E-state index in [9.17, 15) is 4.79 Å². The SMILES string of the molecule is CC(C)(C)C1CC2NCNC(=O)N2N1. The van der Waals surface area contributed by atoms with E-state index < -0.39 is 0 Å². The summed E-state index contributed by atoms with van der Waals surface area (Å²) in [4.78, 5) is 11.5. The first-order chi connectivity index (χ1) is 6.48. The summed E-state index contributed by atoms with van der Waals surface area (Å²) < 4.78 is 0. The number of carbonyl (C=O) groups excluding carboxylic acids is 1. The van der Waals surface area contributed by atoms with E-state index in [2.05, 4.69) is 36.8 Å². The molecule has 2 saturated heterocycles. The van der Waals surface area contributed by atoms with Gasteiger partial charge in [-0.05, 0) is 5.41 Å². The van der Waals surface area contributed by atoms with Gasteiger partial charge in [-0.25, -0.2) is 15.2 Å². The van der Waals surface area contributed by atoms with Gasteiger partial charge in [-0.1, -0.05) is 20.8 Å². The van der Waals surface area contributed by atoms with Gasteiger partial charge in [-0.15, -0.1) is 0 Å². The first kappa shape index (κ1) is 9.73. The predicted molar refractivity (Wildman–Crippen MR) is 53.2 cm³/mol. The number of hydrogen-bond donors (Lipinski definition) is 3. The van der Waals surface area contributed by atoms with Crippen LogP contribution in [0.5, 0.6) is 0 Å². The molecule has 0 bridgehead atoms. The fraction of sp³-hybridized carbons (Fsp3) is 0.889. The van der Waals surface area contributed by atoms with Gasteiger partial charge in [-0.2, -0.15) is 0 Å². The van der Waals surface area contributed by atoms with Crippen molar-refractivity contribution < 1.29 is 4.79 Å². The van der Waals surface area contributed by atoms with Crippen molar-refractivity contribution in [3.63, 3.8) is 0 Å². The summed E-state index contributed by atoms with van der Waals surface area (Å²) in [7, 11) is 0. The van der Waals surface area contributed by atoms with E-state index in [4.69, 9.17) is 0 Å². The Balaban J connectivity index is 2.08. The zero-order valence-corrected chi connectivity index (χ0v) is 8.92. The third kappa shape index (κ3) is 1.57. The molecule has 2 fully saturated rings. The number of amides is 2. The minimum absolute atomic E-state index is 0.0273. The van der Waals surface area contributed by atoms with Gasteiger partial charge in [0, 0.05) is 12.5 Å². The van der Waals surface area contributed by atoms with E-state index in [1.54, 1.807) is 5.01 Å². The number of carbonyl (C=O) groups is 1. The Morgan fingerprint density at radius 1 is 1.43 bits per heavy atom. The second-order valence-corrected chi connectivity index (χ2v) is 5.03. The van der Waals surface area contributed by atoms with Gasteiger partial charge < -0.3 is 5.32 Å². The number of fused-ring (bicyclic) bond motifs is 1. The normalized spacial score (nSPS) is 32.8. The maximum atomic E-state index is 11.5. The number of hydrazine groups is 1. The Morgan fingerprint density at radius 3 is 2.71 bits per heavy atom. The summed E-state index contributed by atoms with van der Waals surface area (Å²) in [6.45, 7) is 7.11. The van der Waals surface area contributed by atoms with Crippen molar-refractivity contribution in [2.75, 3.05) is 6.67 Å². The third-order valence-electron chi connectivity index (χ3n) is 2.91. The van der Waals surface area contributed by atoms with Crippen LogP contribution in [0, 0.1) is 5.41 Å². The Bertz CT molecular complexity index is 248. The predicted octanol–water partition coefficient (Wildman–Crippen LogP) is 0.208. The molecule has 2 atom stereocenters. The molecule has 2 amide bonds. The van der Waals surface area contributed by atoms with Crippen molar-refractivity contribution in [2.45, 2.75) is 39.4 Å². The van der Waals surface area contributed by atoms with Crippen molar-refractivity contribution in [2.24, 2.45) is 5.41 Å². The monoisotopic (exact) mass is 198 g/mol. The number of hydrogen-bond acceptors (Lipinski definition) is 3. The summed E-state index contributed by atoms with van der Waals surface area (Å²) in [5, 5.41) is 7.65. The molecule has 0 spiro atoms. The minimum Gasteiger partial charge on any atom is -0.324 e. The highest BCUT2D eigenvalue weighted by Gasteiger charge is 2.41. The lowest BCUT2D eigenvalue weighted by Gasteiger charge is -2.31. The molecule has 5 heteroatoms. The Hall–Kier alpha value is -0.810. The molecule has 80 valence electrons. The Morgan fingerprint density at radius 2 is 2.14 bits per heavy atom. The lowest BCUT2D eigenvalue weighted by molar-refractivity contribution is 0.128. The number of rotatable bonds is 0. The maximum Gasteiger partial charge on any atom is 0.334 e. The topological polar surface area (TPSA) is 56.4 Å². The van der Waals surface area contributed by atoms with Crippen molar-refractivity contribution in [3.05, 3.63) is 0 Å². The summed E-state index contributed by atoms with van der Waals surface area (Å²) in [6.07, 6.45) is 1.12. The van der Waals surface area contributed by atoms with Crippen LogP contribution < -0.4 is 16.1 Å². The molecule has 0 saturated carbocycles.